The average molecular weight is 458 g/mol. The lowest BCUT2D eigenvalue weighted by Crippen LogP contribution is -2.04. The molecule has 5 unspecified atom stereocenters. The lowest BCUT2D eigenvalue weighted by Gasteiger charge is -2.15. The Kier molecular flexibility index (Phi) is 6.99. The van der Waals surface area contributed by atoms with Crippen molar-refractivity contribution in [1.29, 1.82) is 0 Å². The van der Waals surface area contributed by atoms with Crippen LogP contribution in [-0.2, 0) is 4.84 Å². The third-order valence-electron chi connectivity index (χ3n) is 7.34. The molecule has 0 N–H and O–H groups in total. The van der Waals surface area contributed by atoms with Crippen LogP contribution in [0.25, 0.3) is 0 Å². The molecule has 0 bridgehead atoms. The zero-order chi connectivity index (χ0) is 22.7. The van der Waals surface area contributed by atoms with E-state index in [4.69, 9.17) is 19.0 Å². The number of hydrogen-bond donors (Lipinski definition) is 0. The molecule has 2 aliphatic rings. The first-order chi connectivity index (χ1) is 15.5. The molecule has 4 rings (SSSR count). The van der Waals surface area contributed by atoms with Crippen LogP contribution in [0.3, 0.4) is 0 Å². The van der Waals surface area contributed by atoms with Crippen LogP contribution in [0.4, 0.5) is 0 Å². The molecule has 6 heteroatoms. The standard InChI is InChI=1S/C26H35NO4S/c1-17(24-7-6-10-32-24)8-9-26(2)14-21(26)20-13-19(20)16-31-27-15-18-11-22(28-3)25(30-5)23(12-18)29-4/h6-7,10-12,15,17,19-21H,8-9,13-14,16H2,1-5H3/b27-15+. The molecule has 5 nitrogen and oxygen atoms in total. The number of rotatable bonds is 12. The molecule has 2 saturated carbocycles. The second kappa shape index (κ2) is 9.74. The largest absolute Gasteiger partial charge is 0.493 e. The van der Waals surface area contributed by atoms with Crippen molar-refractivity contribution in [1.82, 2.24) is 0 Å². The number of thiophene rings is 1. The lowest BCUT2D eigenvalue weighted by molar-refractivity contribution is 0.129. The fourth-order valence-corrected chi connectivity index (χ4v) is 5.85. The summed E-state index contributed by atoms with van der Waals surface area (Å²) in [5, 5.41) is 6.38. The van der Waals surface area contributed by atoms with Crippen LogP contribution in [-0.4, -0.2) is 34.2 Å². The van der Waals surface area contributed by atoms with Crippen molar-refractivity contribution >= 4 is 17.6 Å². The highest BCUT2D eigenvalue weighted by Gasteiger charge is 2.60. The summed E-state index contributed by atoms with van der Waals surface area (Å²) in [5.41, 5.74) is 1.38. The molecule has 174 valence electrons. The molecule has 0 aliphatic heterocycles. The predicted molar refractivity (Wildman–Crippen MR) is 129 cm³/mol. The van der Waals surface area contributed by atoms with Crippen molar-refractivity contribution in [2.24, 2.45) is 28.3 Å². The Balaban J connectivity index is 1.21. The van der Waals surface area contributed by atoms with Crippen LogP contribution in [0.1, 0.15) is 55.9 Å². The van der Waals surface area contributed by atoms with E-state index in [0.29, 0.717) is 41.1 Å². The summed E-state index contributed by atoms with van der Waals surface area (Å²) < 4.78 is 16.1. The van der Waals surface area contributed by atoms with Gasteiger partial charge in [0.25, 0.3) is 0 Å². The molecule has 1 heterocycles. The minimum absolute atomic E-state index is 0.532. The van der Waals surface area contributed by atoms with Crippen LogP contribution in [0, 0.1) is 23.2 Å². The van der Waals surface area contributed by atoms with Crippen LogP contribution >= 0.6 is 11.3 Å². The van der Waals surface area contributed by atoms with E-state index in [-0.39, 0.29) is 0 Å². The quantitative estimate of drug-likeness (QED) is 0.274. The maximum absolute atomic E-state index is 5.65. The molecule has 2 aromatic rings. The molecule has 2 fully saturated rings. The monoisotopic (exact) mass is 457 g/mol. The van der Waals surface area contributed by atoms with Crippen molar-refractivity contribution < 1.29 is 19.0 Å². The smallest absolute Gasteiger partial charge is 0.203 e. The van der Waals surface area contributed by atoms with Gasteiger partial charge < -0.3 is 19.0 Å². The van der Waals surface area contributed by atoms with Crippen molar-refractivity contribution in [3.8, 4) is 17.2 Å². The van der Waals surface area contributed by atoms with Gasteiger partial charge in [-0.3, -0.25) is 0 Å². The van der Waals surface area contributed by atoms with Gasteiger partial charge in [-0.1, -0.05) is 25.1 Å². The topological polar surface area (TPSA) is 49.3 Å². The lowest BCUT2D eigenvalue weighted by atomic mass is 9.92. The number of nitrogens with zero attached hydrogens (tertiary/aromatic N) is 1. The van der Waals surface area contributed by atoms with E-state index in [2.05, 4.69) is 36.5 Å². The van der Waals surface area contributed by atoms with Gasteiger partial charge in [-0.05, 0) is 78.3 Å². The Morgan fingerprint density at radius 2 is 1.94 bits per heavy atom. The molecule has 32 heavy (non-hydrogen) atoms. The zero-order valence-corrected chi connectivity index (χ0v) is 20.6. The predicted octanol–water partition coefficient (Wildman–Crippen LogP) is 6.37. The third-order valence-corrected chi connectivity index (χ3v) is 8.45. The number of benzene rings is 1. The number of methoxy groups -OCH3 is 3. The molecule has 0 spiro atoms. The van der Waals surface area contributed by atoms with Gasteiger partial charge in [0.2, 0.25) is 5.75 Å². The first-order valence-corrected chi connectivity index (χ1v) is 12.4. The van der Waals surface area contributed by atoms with E-state index >= 15 is 0 Å². The highest BCUT2D eigenvalue weighted by Crippen LogP contribution is 2.67. The molecule has 0 saturated heterocycles. The average Bonchev–Trinajstić information content (AvgIpc) is 3.64. The molecular weight excluding hydrogens is 422 g/mol. The summed E-state index contributed by atoms with van der Waals surface area (Å²) in [6.07, 6.45) is 6.98. The van der Waals surface area contributed by atoms with Crippen molar-refractivity contribution in [3.05, 3.63) is 40.1 Å². The maximum atomic E-state index is 5.65. The minimum Gasteiger partial charge on any atom is -0.493 e. The van der Waals surface area contributed by atoms with Gasteiger partial charge in [-0.2, -0.15) is 0 Å². The Labute approximate surface area is 195 Å². The first kappa shape index (κ1) is 23.0. The summed E-state index contributed by atoms with van der Waals surface area (Å²) in [5.74, 6) is 4.80. The first-order valence-electron chi connectivity index (χ1n) is 11.5. The van der Waals surface area contributed by atoms with Crippen molar-refractivity contribution in [3.63, 3.8) is 0 Å². The maximum Gasteiger partial charge on any atom is 0.203 e. The highest BCUT2D eigenvalue weighted by molar-refractivity contribution is 7.10. The van der Waals surface area contributed by atoms with E-state index in [1.54, 1.807) is 27.5 Å². The summed E-state index contributed by atoms with van der Waals surface area (Å²) in [6, 6.07) is 8.16. The van der Waals surface area contributed by atoms with Gasteiger partial charge in [0.05, 0.1) is 27.5 Å². The van der Waals surface area contributed by atoms with Crippen LogP contribution < -0.4 is 14.2 Å². The Bertz CT molecular complexity index is 903. The highest BCUT2D eigenvalue weighted by atomic mass is 32.1. The second-order valence-corrected chi connectivity index (χ2v) is 10.5. The van der Waals surface area contributed by atoms with E-state index < -0.39 is 0 Å². The van der Waals surface area contributed by atoms with Crippen molar-refractivity contribution in [2.75, 3.05) is 27.9 Å². The minimum atomic E-state index is 0.532. The van der Waals surface area contributed by atoms with Crippen LogP contribution in [0.15, 0.2) is 34.8 Å². The molecule has 5 atom stereocenters. The molecule has 1 aromatic heterocycles. The number of oxime groups is 1. The summed E-state index contributed by atoms with van der Waals surface area (Å²) in [7, 11) is 4.81. The Morgan fingerprint density at radius 3 is 2.56 bits per heavy atom. The molecule has 0 radical (unpaired) electrons. The Morgan fingerprint density at radius 1 is 1.19 bits per heavy atom. The molecule has 2 aliphatic carbocycles. The van der Waals surface area contributed by atoms with Gasteiger partial charge in [0, 0.05) is 10.4 Å². The summed E-state index contributed by atoms with van der Waals surface area (Å²) in [6.45, 7) is 5.55. The SMILES string of the molecule is COc1cc(/C=N/OCC2CC2C2CC2(C)CCC(C)c2cccs2)cc(OC)c1OC. The van der Waals surface area contributed by atoms with Gasteiger partial charge in [0.15, 0.2) is 11.5 Å². The summed E-state index contributed by atoms with van der Waals surface area (Å²) >= 11 is 1.89. The third kappa shape index (κ3) is 5.06. The van der Waals surface area contributed by atoms with Crippen LogP contribution in [0.2, 0.25) is 0 Å². The van der Waals surface area contributed by atoms with E-state index in [1.165, 1.54) is 30.6 Å². The molecule has 1 aromatic carbocycles. The fraction of sp³-hybridized carbons (Fsp3) is 0.577. The molecular formula is C26H35NO4S. The number of hydrogen-bond acceptors (Lipinski definition) is 6. The fourth-order valence-electron chi connectivity index (χ4n) is 5.03. The van der Waals surface area contributed by atoms with Gasteiger partial charge >= 0.3 is 0 Å². The van der Waals surface area contributed by atoms with E-state index in [1.807, 2.05) is 23.5 Å². The zero-order valence-electron chi connectivity index (χ0n) is 19.8. The van der Waals surface area contributed by atoms with Gasteiger partial charge in [-0.25, -0.2) is 0 Å². The Hall–Kier alpha value is -2.21. The van der Waals surface area contributed by atoms with Crippen molar-refractivity contribution in [2.45, 2.75) is 45.4 Å². The van der Waals surface area contributed by atoms with Crippen LogP contribution in [0.5, 0.6) is 17.2 Å². The van der Waals surface area contributed by atoms with E-state index in [9.17, 15) is 0 Å². The number of ether oxygens (including phenoxy) is 3. The van der Waals surface area contributed by atoms with Gasteiger partial charge in [0.1, 0.15) is 6.61 Å². The summed E-state index contributed by atoms with van der Waals surface area (Å²) in [4.78, 5) is 7.17. The van der Waals surface area contributed by atoms with Gasteiger partial charge in [-0.15, -0.1) is 11.3 Å². The van der Waals surface area contributed by atoms with E-state index in [0.717, 1.165) is 17.4 Å². The second-order valence-electron chi connectivity index (χ2n) is 9.57. The normalized spacial score (nSPS) is 27.2. The molecule has 0 amide bonds.